The summed E-state index contributed by atoms with van der Waals surface area (Å²) in [5.74, 6) is 0.537. The van der Waals surface area contributed by atoms with E-state index in [1.165, 1.54) is 11.1 Å². The Labute approximate surface area is 144 Å². The highest BCUT2D eigenvalue weighted by molar-refractivity contribution is 5.46. The molecule has 1 unspecified atom stereocenters. The second-order valence-corrected chi connectivity index (χ2v) is 6.88. The molecule has 0 aliphatic carbocycles. The van der Waals surface area contributed by atoms with Crippen molar-refractivity contribution in [1.82, 2.24) is 9.38 Å². The lowest BCUT2D eigenvalue weighted by Gasteiger charge is -2.11. The van der Waals surface area contributed by atoms with Gasteiger partial charge in [0.2, 0.25) is 0 Å². The maximum Gasteiger partial charge on any atom is 0.137 e. The van der Waals surface area contributed by atoms with Gasteiger partial charge in [-0.2, -0.15) is 0 Å². The molecular weight excluding hydrogens is 296 g/mol. The third-order valence-electron chi connectivity index (χ3n) is 4.60. The summed E-state index contributed by atoms with van der Waals surface area (Å²) >= 11 is 0. The maximum absolute atomic E-state index is 10.5. The quantitative estimate of drug-likeness (QED) is 0.732. The normalized spacial score (nSPS) is 12.9. The zero-order valence-electron chi connectivity index (χ0n) is 15.0. The average molecular weight is 322 g/mol. The number of imidazole rings is 1. The standard InChI is InChI=1S/C21H26N2O/c1-5-19(24)21-18(22-20-11-6-15(4)13-23(20)21)12-16-7-9-17(10-8-16)14(2)3/h6-11,13-14,19,24H,5,12H2,1-4H3. The minimum atomic E-state index is -0.494. The van der Waals surface area contributed by atoms with Gasteiger partial charge in [-0.15, -0.1) is 0 Å². The molecule has 0 fully saturated rings. The first-order valence-corrected chi connectivity index (χ1v) is 8.74. The number of hydrogen-bond donors (Lipinski definition) is 1. The van der Waals surface area contributed by atoms with Crippen molar-refractivity contribution in [2.45, 2.75) is 52.6 Å². The van der Waals surface area contributed by atoms with Crippen LogP contribution in [0.2, 0.25) is 0 Å². The molecule has 3 aromatic rings. The van der Waals surface area contributed by atoms with Gasteiger partial charge >= 0.3 is 0 Å². The fourth-order valence-electron chi connectivity index (χ4n) is 3.11. The van der Waals surface area contributed by atoms with Crippen LogP contribution in [-0.4, -0.2) is 14.5 Å². The molecule has 0 bridgehead atoms. The Morgan fingerprint density at radius 2 is 1.79 bits per heavy atom. The molecule has 0 saturated heterocycles. The molecule has 3 nitrogen and oxygen atoms in total. The molecule has 0 radical (unpaired) electrons. The fourth-order valence-corrected chi connectivity index (χ4v) is 3.11. The first kappa shape index (κ1) is 16.7. The summed E-state index contributed by atoms with van der Waals surface area (Å²) in [5, 5.41) is 10.5. The molecule has 0 aliphatic rings. The van der Waals surface area contributed by atoms with Crippen LogP contribution in [0.15, 0.2) is 42.6 Å². The van der Waals surface area contributed by atoms with Gasteiger partial charge in [-0.1, -0.05) is 51.1 Å². The van der Waals surface area contributed by atoms with Crippen molar-refractivity contribution >= 4 is 5.65 Å². The van der Waals surface area contributed by atoms with Gasteiger partial charge in [0.1, 0.15) is 5.65 Å². The molecule has 0 saturated carbocycles. The van der Waals surface area contributed by atoms with E-state index in [9.17, 15) is 5.11 Å². The first-order chi connectivity index (χ1) is 11.5. The molecule has 1 N–H and O–H groups in total. The minimum Gasteiger partial charge on any atom is -0.387 e. The van der Waals surface area contributed by atoms with Gasteiger partial charge in [0.25, 0.3) is 0 Å². The van der Waals surface area contributed by atoms with Crippen molar-refractivity contribution in [1.29, 1.82) is 0 Å². The molecule has 2 aromatic heterocycles. The van der Waals surface area contributed by atoms with Crippen LogP contribution in [0.3, 0.4) is 0 Å². The van der Waals surface area contributed by atoms with Crippen LogP contribution < -0.4 is 0 Å². The highest BCUT2D eigenvalue weighted by Crippen LogP contribution is 2.25. The van der Waals surface area contributed by atoms with Crippen LogP contribution in [0.5, 0.6) is 0 Å². The topological polar surface area (TPSA) is 37.5 Å². The lowest BCUT2D eigenvalue weighted by Crippen LogP contribution is -2.05. The van der Waals surface area contributed by atoms with E-state index < -0.39 is 6.10 Å². The zero-order valence-corrected chi connectivity index (χ0v) is 15.0. The van der Waals surface area contributed by atoms with Gasteiger partial charge in [-0.05, 0) is 42.0 Å². The van der Waals surface area contributed by atoms with E-state index in [1.54, 1.807) is 0 Å². The van der Waals surface area contributed by atoms with Crippen LogP contribution in [0.4, 0.5) is 0 Å². The molecule has 0 spiro atoms. The number of pyridine rings is 1. The Morgan fingerprint density at radius 1 is 1.08 bits per heavy atom. The summed E-state index contributed by atoms with van der Waals surface area (Å²) in [6, 6.07) is 12.8. The molecule has 1 aromatic carbocycles. The lowest BCUT2D eigenvalue weighted by atomic mass is 9.99. The fraction of sp³-hybridized carbons (Fsp3) is 0.381. The number of fused-ring (bicyclic) bond motifs is 1. The van der Waals surface area contributed by atoms with E-state index in [1.807, 2.05) is 17.4 Å². The smallest absolute Gasteiger partial charge is 0.137 e. The molecule has 0 aliphatic heterocycles. The van der Waals surface area contributed by atoms with E-state index in [0.29, 0.717) is 12.3 Å². The highest BCUT2D eigenvalue weighted by Gasteiger charge is 2.18. The van der Waals surface area contributed by atoms with Crippen molar-refractivity contribution in [3.05, 3.63) is 70.7 Å². The van der Waals surface area contributed by atoms with Crippen LogP contribution in [0, 0.1) is 6.92 Å². The molecule has 3 heteroatoms. The van der Waals surface area contributed by atoms with E-state index >= 15 is 0 Å². The number of aryl methyl sites for hydroxylation is 1. The molecule has 1 atom stereocenters. The van der Waals surface area contributed by atoms with Crippen molar-refractivity contribution in [2.75, 3.05) is 0 Å². The Hall–Kier alpha value is -2.13. The van der Waals surface area contributed by atoms with Crippen molar-refractivity contribution in [3.63, 3.8) is 0 Å². The van der Waals surface area contributed by atoms with Gasteiger partial charge in [0.15, 0.2) is 0 Å². The van der Waals surface area contributed by atoms with Gasteiger partial charge in [-0.3, -0.25) is 0 Å². The Morgan fingerprint density at radius 3 is 2.42 bits per heavy atom. The van der Waals surface area contributed by atoms with Crippen molar-refractivity contribution in [2.24, 2.45) is 0 Å². The van der Waals surface area contributed by atoms with Gasteiger partial charge in [0, 0.05) is 12.6 Å². The number of rotatable bonds is 5. The molecular formula is C21H26N2O. The van der Waals surface area contributed by atoms with Crippen LogP contribution in [0.25, 0.3) is 5.65 Å². The van der Waals surface area contributed by atoms with Gasteiger partial charge in [0.05, 0.1) is 17.5 Å². The van der Waals surface area contributed by atoms with E-state index in [2.05, 4.69) is 57.3 Å². The molecule has 3 rings (SSSR count). The molecule has 24 heavy (non-hydrogen) atoms. The number of hydrogen-bond acceptors (Lipinski definition) is 2. The van der Waals surface area contributed by atoms with Crippen LogP contribution in [0.1, 0.15) is 67.3 Å². The first-order valence-electron chi connectivity index (χ1n) is 8.74. The minimum absolute atomic E-state index is 0.494. The van der Waals surface area contributed by atoms with E-state index in [4.69, 9.17) is 4.98 Å². The maximum atomic E-state index is 10.5. The predicted molar refractivity (Wildman–Crippen MR) is 98.5 cm³/mol. The summed E-state index contributed by atoms with van der Waals surface area (Å²) in [6.07, 6.45) is 2.99. The van der Waals surface area contributed by atoms with E-state index in [-0.39, 0.29) is 0 Å². The summed E-state index contributed by atoms with van der Waals surface area (Å²) in [7, 11) is 0. The monoisotopic (exact) mass is 322 g/mol. The largest absolute Gasteiger partial charge is 0.387 e. The summed E-state index contributed by atoms with van der Waals surface area (Å²) in [5.41, 5.74) is 6.52. The predicted octanol–water partition coefficient (Wildman–Crippen LogP) is 4.80. The van der Waals surface area contributed by atoms with Gasteiger partial charge < -0.3 is 9.51 Å². The number of aliphatic hydroxyl groups excluding tert-OH is 1. The molecule has 0 amide bonds. The van der Waals surface area contributed by atoms with Crippen molar-refractivity contribution < 1.29 is 5.11 Å². The zero-order chi connectivity index (χ0) is 17.3. The second kappa shape index (κ2) is 6.78. The SMILES string of the molecule is CCC(O)c1c(Cc2ccc(C(C)C)cc2)nc2ccc(C)cn12. The number of benzene rings is 1. The second-order valence-electron chi connectivity index (χ2n) is 6.88. The summed E-state index contributed by atoms with van der Waals surface area (Å²) < 4.78 is 2.04. The summed E-state index contributed by atoms with van der Waals surface area (Å²) in [6.45, 7) is 8.47. The summed E-state index contributed by atoms with van der Waals surface area (Å²) in [4.78, 5) is 4.78. The van der Waals surface area contributed by atoms with Gasteiger partial charge in [-0.25, -0.2) is 4.98 Å². The number of nitrogens with zero attached hydrogens (tertiary/aromatic N) is 2. The van der Waals surface area contributed by atoms with Crippen LogP contribution in [-0.2, 0) is 6.42 Å². The third-order valence-corrected chi connectivity index (χ3v) is 4.60. The van der Waals surface area contributed by atoms with Crippen LogP contribution >= 0.6 is 0 Å². The number of aliphatic hydroxyl groups is 1. The number of aromatic nitrogens is 2. The van der Waals surface area contributed by atoms with Crippen molar-refractivity contribution in [3.8, 4) is 0 Å². The Balaban J connectivity index is 2.01. The molecule has 2 heterocycles. The molecule has 126 valence electrons. The average Bonchev–Trinajstić information content (AvgIpc) is 2.91. The Bertz CT molecular complexity index is 831. The lowest BCUT2D eigenvalue weighted by molar-refractivity contribution is 0.167. The third kappa shape index (κ3) is 3.22. The highest BCUT2D eigenvalue weighted by atomic mass is 16.3. The van der Waals surface area contributed by atoms with E-state index in [0.717, 1.165) is 29.0 Å². The Kier molecular flexibility index (Phi) is 4.72.